The summed E-state index contributed by atoms with van der Waals surface area (Å²) in [5.41, 5.74) is 0. The van der Waals surface area contributed by atoms with Crippen LogP contribution in [0.2, 0.25) is 0 Å². The van der Waals surface area contributed by atoms with Crippen molar-refractivity contribution in [3.8, 4) is 0 Å². The molecule has 0 saturated carbocycles. The Balaban J connectivity index is 2.29. The van der Waals surface area contributed by atoms with E-state index < -0.39 is 0 Å². The third-order valence-corrected chi connectivity index (χ3v) is 2.26. The zero-order valence-corrected chi connectivity index (χ0v) is 5.77. The molecule has 0 aliphatic carbocycles. The molecule has 0 spiro atoms. The zero-order valence-electron chi connectivity index (χ0n) is 4.95. The Bertz CT molecular complexity index is 203. The molecule has 0 bridgehead atoms. The summed E-state index contributed by atoms with van der Waals surface area (Å²) < 4.78 is 0. The minimum atomic E-state index is 1.04. The minimum absolute atomic E-state index is 1.04. The van der Waals surface area contributed by atoms with Crippen molar-refractivity contribution in [2.24, 2.45) is 0 Å². The fraction of sp³-hybridized carbons (Fsp3) is 0.143. The van der Waals surface area contributed by atoms with Crippen LogP contribution >= 0.6 is 11.8 Å². The number of hydrogen-bond donors (Lipinski definition) is 0. The van der Waals surface area contributed by atoms with Gasteiger partial charge in [0.1, 0.15) is 0 Å². The van der Waals surface area contributed by atoms with E-state index in [9.17, 15) is 0 Å². The summed E-state index contributed by atoms with van der Waals surface area (Å²) in [7, 11) is 0. The number of allylic oxidation sites excluding steroid dienone is 2. The molecule has 0 amide bonds. The number of fused-ring (bicyclic) bond motifs is 1. The molecule has 9 heavy (non-hydrogen) atoms. The summed E-state index contributed by atoms with van der Waals surface area (Å²) in [6.07, 6.45) is 8.50. The molecule has 2 aliphatic heterocycles. The summed E-state index contributed by atoms with van der Waals surface area (Å²) >= 11 is 1.78. The van der Waals surface area contributed by atoms with E-state index in [-0.39, 0.29) is 0 Å². The monoisotopic (exact) mass is 137 g/mol. The van der Waals surface area contributed by atoms with Crippen molar-refractivity contribution in [1.82, 2.24) is 4.90 Å². The number of hydrogen-bond acceptors (Lipinski definition) is 2. The summed E-state index contributed by atoms with van der Waals surface area (Å²) in [5.74, 6) is 0. The van der Waals surface area contributed by atoms with Gasteiger partial charge in [0, 0.05) is 12.7 Å². The molecular formula is C7H7NS. The van der Waals surface area contributed by atoms with Gasteiger partial charge in [0.15, 0.2) is 0 Å². The quantitative estimate of drug-likeness (QED) is 0.502. The van der Waals surface area contributed by atoms with Crippen LogP contribution in [0.3, 0.4) is 0 Å². The first kappa shape index (κ1) is 5.18. The van der Waals surface area contributed by atoms with Crippen molar-refractivity contribution in [1.29, 1.82) is 0 Å². The average molecular weight is 137 g/mol. The second kappa shape index (κ2) is 1.95. The molecule has 0 radical (unpaired) electrons. The molecular weight excluding hydrogens is 130 g/mol. The van der Waals surface area contributed by atoms with Gasteiger partial charge < -0.3 is 4.90 Å². The molecule has 2 heteroatoms. The third-order valence-electron chi connectivity index (χ3n) is 1.39. The SMILES string of the molecule is C1=CCN2C=CSC2=C1. The van der Waals surface area contributed by atoms with E-state index in [0.717, 1.165) is 6.54 Å². The molecule has 0 aromatic heterocycles. The molecule has 0 N–H and O–H groups in total. The Hall–Kier alpha value is -0.630. The lowest BCUT2D eigenvalue weighted by molar-refractivity contribution is 0.554. The van der Waals surface area contributed by atoms with Gasteiger partial charge in [-0.15, -0.1) is 0 Å². The maximum absolute atomic E-state index is 2.23. The predicted octanol–water partition coefficient (Wildman–Crippen LogP) is 1.92. The molecule has 2 aliphatic rings. The number of thioether (sulfide) groups is 1. The van der Waals surface area contributed by atoms with Gasteiger partial charge in [-0.3, -0.25) is 0 Å². The molecule has 0 saturated heterocycles. The van der Waals surface area contributed by atoms with Gasteiger partial charge in [0.05, 0.1) is 5.03 Å². The van der Waals surface area contributed by atoms with E-state index in [1.165, 1.54) is 5.03 Å². The molecule has 46 valence electrons. The maximum Gasteiger partial charge on any atom is 0.0793 e. The van der Waals surface area contributed by atoms with Gasteiger partial charge in [-0.2, -0.15) is 0 Å². The highest BCUT2D eigenvalue weighted by molar-refractivity contribution is 8.06. The van der Waals surface area contributed by atoms with E-state index in [1.54, 1.807) is 11.8 Å². The summed E-state index contributed by atoms with van der Waals surface area (Å²) in [6.45, 7) is 1.04. The van der Waals surface area contributed by atoms with Gasteiger partial charge in [-0.25, -0.2) is 0 Å². The first-order valence-electron chi connectivity index (χ1n) is 2.93. The highest BCUT2D eigenvalue weighted by Gasteiger charge is 2.11. The Kier molecular flexibility index (Phi) is 1.12. The molecule has 2 rings (SSSR count). The van der Waals surface area contributed by atoms with Gasteiger partial charge in [0.25, 0.3) is 0 Å². The van der Waals surface area contributed by atoms with Crippen molar-refractivity contribution in [3.63, 3.8) is 0 Å². The van der Waals surface area contributed by atoms with Gasteiger partial charge in [-0.05, 0) is 11.5 Å². The lowest BCUT2D eigenvalue weighted by atomic mass is 10.4. The van der Waals surface area contributed by atoms with Crippen LogP contribution in [-0.4, -0.2) is 11.4 Å². The Morgan fingerprint density at radius 1 is 1.56 bits per heavy atom. The molecule has 0 fully saturated rings. The molecule has 0 aromatic carbocycles. The minimum Gasteiger partial charge on any atom is -0.338 e. The van der Waals surface area contributed by atoms with Crippen LogP contribution in [0, 0.1) is 0 Å². The first-order valence-corrected chi connectivity index (χ1v) is 3.81. The van der Waals surface area contributed by atoms with E-state index in [2.05, 4.69) is 34.7 Å². The first-order chi connectivity index (χ1) is 4.47. The largest absolute Gasteiger partial charge is 0.338 e. The molecule has 2 heterocycles. The Labute approximate surface area is 58.7 Å². The van der Waals surface area contributed by atoms with Gasteiger partial charge >= 0.3 is 0 Å². The molecule has 0 aromatic rings. The molecule has 0 atom stereocenters. The van der Waals surface area contributed by atoms with E-state index in [4.69, 9.17) is 0 Å². The lowest BCUT2D eigenvalue weighted by Gasteiger charge is -2.16. The van der Waals surface area contributed by atoms with E-state index in [0.29, 0.717) is 0 Å². The maximum atomic E-state index is 2.23. The average Bonchev–Trinajstić information content (AvgIpc) is 2.33. The van der Waals surface area contributed by atoms with Crippen LogP contribution in [0.4, 0.5) is 0 Å². The van der Waals surface area contributed by atoms with E-state index >= 15 is 0 Å². The predicted molar refractivity (Wildman–Crippen MR) is 40.7 cm³/mol. The van der Waals surface area contributed by atoms with Crippen LogP contribution in [0.5, 0.6) is 0 Å². The molecule has 1 nitrogen and oxygen atoms in total. The summed E-state index contributed by atoms with van der Waals surface area (Å²) in [4.78, 5) is 2.23. The van der Waals surface area contributed by atoms with Crippen LogP contribution in [0.1, 0.15) is 0 Å². The van der Waals surface area contributed by atoms with Crippen molar-refractivity contribution >= 4 is 11.8 Å². The van der Waals surface area contributed by atoms with Crippen molar-refractivity contribution in [2.75, 3.05) is 6.54 Å². The van der Waals surface area contributed by atoms with Gasteiger partial charge in [0.2, 0.25) is 0 Å². The highest BCUT2D eigenvalue weighted by atomic mass is 32.2. The molecule has 0 unspecified atom stereocenters. The topological polar surface area (TPSA) is 3.24 Å². The fourth-order valence-corrected chi connectivity index (χ4v) is 1.70. The van der Waals surface area contributed by atoms with Crippen molar-refractivity contribution < 1.29 is 0 Å². The van der Waals surface area contributed by atoms with Crippen LogP contribution in [0.25, 0.3) is 0 Å². The van der Waals surface area contributed by atoms with Crippen LogP contribution in [0.15, 0.2) is 34.9 Å². The zero-order chi connectivity index (χ0) is 6.10. The second-order valence-corrected chi connectivity index (χ2v) is 2.91. The van der Waals surface area contributed by atoms with Crippen LogP contribution in [-0.2, 0) is 0 Å². The normalized spacial score (nSPS) is 22.2. The highest BCUT2D eigenvalue weighted by Crippen LogP contribution is 2.30. The number of rotatable bonds is 0. The number of nitrogens with zero attached hydrogens (tertiary/aromatic N) is 1. The Morgan fingerprint density at radius 3 is 3.44 bits per heavy atom. The third kappa shape index (κ3) is 0.793. The van der Waals surface area contributed by atoms with Crippen molar-refractivity contribution in [3.05, 3.63) is 34.9 Å². The summed E-state index contributed by atoms with van der Waals surface area (Å²) in [5, 5.41) is 3.45. The smallest absolute Gasteiger partial charge is 0.0793 e. The standard InChI is InChI=1S/C7H7NS/c1-2-4-8-5-6-9-7(8)3-1/h1-3,5-6H,4H2. The van der Waals surface area contributed by atoms with E-state index in [1.807, 2.05) is 0 Å². The lowest BCUT2D eigenvalue weighted by Crippen LogP contribution is -2.12. The summed E-state index contributed by atoms with van der Waals surface area (Å²) in [6, 6.07) is 0. The fourth-order valence-electron chi connectivity index (χ4n) is 0.925. The van der Waals surface area contributed by atoms with Gasteiger partial charge in [-0.1, -0.05) is 23.9 Å². The Morgan fingerprint density at radius 2 is 2.56 bits per heavy atom. The van der Waals surface area contributed by atoms with Crippen molar-refractivity contribution in [2.45, 2.75) is 0 Å². The van der Waals surface area contributed by atoms with Crippen LogP contribution < -0.4 is 0 Å². The second-order valence-electron chi connectivity index (χ2n) is 1.99.